The Morgan fingerprint density at radius 1 is 1.40 bits per heavy atom. The van der Waals surface area contributed by atoms with Crippen LogP contribution in [0.25, 0.3) is 0 Å². The second kappa shape index (κ2) is 4.29. The molecule has 0 saturated heterocycles. The van der Waals surface area contributed by atoms with E-state index in [2.05, 4.69) is 18.2 Å². The van der Waals surface area contributed by atoms with E-state index < -0.39 is 0 Å². The molecule has 1 N–H and O–H groups in total. The summed E-state index contributed by atoms with van der Waals surface area (Å²) in [6, 6.07) is 0. The highest BCUT2D eigenvalue weighted by atomic mass is 16.3. The van der Waals surface area contributed by atoms with Gasteiger partial charge < -0.3 is 5.11 Å². The fourth-order valence-electron chi connectivity index (χ4n) is 1.14. The maximum absolute atomic E-state index is 8.82. The number of rotatable bonds is 1. The summed E-state index contributed by atoms with van der Waals surface area (Å²) in [6.07, 6.45) is 10.9. The predicted molar refractivity (Wildman–Crippen MR) is 42.8 cm³/mol. The molecule has 0 radical (unpaired) electrons. The highest BCUT2D eigenvalue weighted by Gasteiger charge is 1.95. The van der Waals surface area contributed by atoms with Crippen molar-refractivity contribution in [3.63, 3.8) is 0 Å². The Kier molecular flexibility index (Phi) is 3.23. The molecule has 0 aliphatic heterocycles. The van der Waals surface area contributed by atoms with Crippen LogP contribution in [0, 0.1) is 0 Å². The first-order valence-electron chi connectivity index (χ1n) is 3.87. The fraction of sp³-hybridized carbons (Fsp3) is 0.556. The van der Waals surface area contributed by atoms with E-state index in [0.29, 0.717) is 0 Å². The Hall–Kier alpha value is -0.560. The van der Waals surface area contributed by atoms with Gasteiger partial charge in [-0.05, 0) is 31.3 Å². The van der Waals surface area contributed by atoms with Gasteiger partial charge >= 0.3 is 0 Å². The maximum atomic E-state index is 8.82. The zero-order valence-corrected chi connectivity index (χ0v) is 6.21. The Labute approximate surface area is 62.1 Å². The van der Waals surface area contributed by atoms with E-state index in [1.54, 1.807) is 0 Å². The van der Waals surface area contributed by atoms with Gasteiger partial charge in [0.15, 0.2) is 0 Å². The molecule has 1 aliphatic carbocycles. The Balaban J connectivity index is 2.45. The number of allylic oxidation sites excluding steroid dienone is 3. The Bertz CT molecular complexity index is 145. The lowest BCUT2D eigenvalue weighted by Crippen LogP contribution is -1.91. The molecule has 0 amide bonds. The zero-order valence-electron chi connectivity index (χ0n) is 6.21. The van der Waals surface area contributed by atoms with Crippen LogP contribution in [-0.2, 0) is 0 Å². The van der Waals surface area contributed by atoms with Crippen LogP contribution in [0.2, 0.25) is 0 Å². The van der Waals surface area contributed by atoms with E-state index in [0.717, 1.165) is 19.3 Å². The van der Waals surface area contributed by atoms with Gasteiger partial charge in [0, 0.05) is 0 Å². The molecule has 0 fully saturated rings. The molecular weight excluding hydrogens is 124 g/mol. The molecule has 56 valence electrons. The molecule has 0 spiro atoms. The largest absolute Gasteiger partial charge is 0.392 e. The van der Waals surface area contributed by atoms with Crippen LogP contribution in [0.4, 0.5) is 0 Å². The first-order chi connectivity index (χ1) is 4.93. The first-order valence-corrected chi connectivity index (χ1v) is 3.87. The monoisotopic (exact) mass is 138 g/mol. The minimum Gasteiger partial charge on any atom is -0.392 e. The molecule has 1 heteroatoms. The third kappa shape index (κ3) is 2.36. The van der Waals surface area contributed by atoms with Crippen LogP contribution < -0.4 is 0 Å². The molecule has 0 unspecified atom stereocenters. The lowest BCUT2D eigenvalue weighted by Gasteiger charge is -2.03. The molecule has 1 nitrogen and oxygen atoms in total. The molecular formula is C9H14O. The van der Waals surface area contributed by atoms with Crippen molar-refractivity contribution in [3.8, 4) is 0 Å². The molecule has 0 aromatic rings. The van der Waals surface area contributed by atoms with Crippen LogP contribution in [0.1, 0.15) is 25.7 Å². The SMILES string of the molecule is OCC1=CCC=CCCC1. The summed E-state index contributed by atoms with van der Waals surface area (Å²) >= 11 is 0. The van der Waals surface area contributed by atoms with Gasteiger partial charge in [0.25, 0.3) is 0 Å². The Morgan fingerprint density at radius 3 is 3.10 bits per heavy atom. The number of hydrogen-bond acceptors (Lipinski definition) is 1. The first kappa shape index (κ1) is 7.55. The normalized spacial score (nSPS) is 19.5. The highest BCUT2D eigenvalue weighted by molar-refractivity contribution is 5.07. The fourth-order valence-corrected chi connectivity index (χ4v) is 1.14. The average Bonchev–Trinajstić information content (AvgIpc) is 1.87. The van der Waals surface area contributed by atoms with Crippen LogP contribution in [0.15, 0.2) is 23.8 Å². The van der Waals surface area contributed by atoms with E-state index in [1.807, 2.05) is 0 Å². The van der Waals surface area contributed by atoms with Crippen LogP contribution in [-0.4, -0.2) is 11.7 Å². The van der Waals surface area contributed by atoms with Gasteiger partial charge in [-0.2, -0.15) is 0 Å². The lowest BCUT2D eigenvalue weighted by atomic mass is 10.1. The van der Waals surface area contributed by atoms with Gasteiger partial charge in [-0.3, -0.25) is 0 Å². The lowest BCUT2D eigenvalue weighted by molar-refractivity contribution is 0.325. The second-order valence-corrected chi connectivity index (χ2v) is 2.62. The van der Waals surface area contributed by atoms with Crippen molar-refractivity contribution in [1.82, 2.24) is 0 Å². The summed E-state index contributed by atoms with van der Waals surface area (Å²) < 4.78 is 0. The molecule has 0 aromatic heterocycles. The summed E-state index contributed by atoms with van der Waals surface area (Å²) in [7, 11) is 0. The molecule has 10 heavy (non-hydrogen) atoms. The van der Waals surface area contributed by atoms with Crippen molar-refractivity contribution in [2.45, 2.75) is 25.7 Å². The van der Waals surface area contributed by atoms with Crippen molar-refractivity contribution >= 4 is 0 Å². The standard InChI is InChI=1S/C9H14O/c10-8-9-6-4-2-1-3-5-7-9/h1-2,6,10H,3-5,7-8H2. The van der Waals surface area contributed by atoms with E-state index in [4.69, 9.17) is 5.11 Å². The predicted octanol–water partition coefficient (Wildman–Crippen LogP) is 2.04. The van der Waals surface area contributed by atoms with Crippen LogP contribution in [0.5, 0.6) is 0 Å². The van der Waals surface area contributed by atoms with Gasteiger partial charge in [-0.1, -0.05) is 18.2 Å². The van der Waals surface area contributed by atoms with Crippen molar-refractivity contribution in [2.75, 3.05) is 6.61 Å². The molecule has 0 heterocycles. The van der Waals surface area contributed by atoms with E-state index in [1.165, 1.54) is 12.0 Å². The molecule has 0 saturated carbocycles. The molecule has 0 atom stereocenters. The van der Waals surface area contributed by atoms with Gasteiger partial charge in [0.05, 0.1) is 6.61 Å². The highest BCUT2D eigenvalue weighted by Crippen LogP contribution is 2.11. The third-order valence-electron chi connectivity index (χ3n) is 1.78. The van der Waals surface area contributed by atoms with Crippen molar-refractivity contribution < 1.29 is 5.11 Å². The summed E-state index contributed by atoms with van der Waals surface area (Å²) in [4.78, 5) is 0. The number of aliphatic hydroxyl groups is 1. The Morgan fingerprint density at radius 2 is 2.30 bits per heavy atom. The van der Waals surface area contributed by atoms with Gasteiger partial charge in [0.1, 0.15) is 0 Å². The topological polar surface area (TPSA) is 20.2 Å². The van der Waals surface area contributed by atoms with Gasteiger partial charge in [0.2, 0.25) is 0 Å². The average molecular weight is 138 g/mol. The van der Waals surface area contributed by atoms with Crippen molar-refractivity contribution in [3.05, 3.63) is 23.8 Å². The summed E-state index contributed by atoms with van der Waals surface area (Å²) in [5.41, 5.74) is 1.20. The minimum absolute atomic E-state index is 0.244. The maximum Gasteiger partial charge on any atom is 0.0641 e. The number of hydrogen-bond donors (Lipinski definition) is 1. The minimum atomic E-state index is 0.244. The third-order valence-corrected chi connectivity index (χ3v) is 1.78. The summed E-state index contributed by atoms with van der Waals surface area (Å²) in [5.74, 6) is 0. The van der Waals surface area contributed by atoms with E-state index in [9.17, 15) is 0 Å². The zero-order chi connectivity index (χ0) is 7.23. The van der Waals surface area contributed by atoms with Gasteiger partial charge in [-0.25, -0.2) is 0 Å². The quantitative estimate of drug-likeness (QED) is 0.550. The van der Waals surface area contributed by atoms with Crippen LogP contribution >= 0.6 is 0 Å². The summed E-state index contributed by atoms with van der Waals surface area (Å²) in [6.45, 7) is 0.244. The molecule has 1 rings (SSSR count). The van der Waals surface area contributed by atoms with E-state index in [-0.39, 0.29) is 6.61 Å². The molecule has 1 aliphatic rings. The molecule has 0 aromatic carbocycles. The van der Waals surface area contributed by atoms with Gasteiger partial charge in [-0.15, -0.1) is 0 Å². The van der Waals surface area contributed by atoms with Crippen molar-refractivity contribution in [1.29, 1.82) is 0 Å². The summed E-state index contributed by atoms with van der Waals surface area (Å²) in [5, 5.41) is 8.82. The number of aliphatic hydroxyl groups excluding tert-OH is 1. The molecule has 0 bridgehead atoms. The smallest absolute Gasteiger partial charge is 0.0641 e. The van der Waals surface area contributed by atoms with Crippen LogP contribution in [0.3, 0.4) is 0 Å². The van der Waals surface area contributed by atoms with Crippen molar-refractivity contribution in [2.24, 2.45) is 0 Å². The van der Waals surface area contributed by atoms with E-state index >= 15 is 0 Å². The second-order valence-electron chi connectivity index (χ2n) is 2.62.